The van der Waals surface area contributed by atoms with E-state index in [-0.39, 0.29) is 6.04 Å². The largest absolute Gasteiger partial charge is 0.364 e. The molecule has 3 N–H and O–H groups in total. The molecule has 0 spiro atoms. The molecule has 106 valence electrons. The van der Waals surface area contributed by atoms with Crippen molar-refractivity contribution in [3.63, 3.8) is 0 Å². The second-order valence-corrected chi connectivity index (χ2v) is 5.73. The lowest BCUT2D eigenvalue weighted by atomic mass is 10.0. The lowest BCUT2D eigenvalue weighted by Gasteiger charge is -2.23. The van der Waals surface area contributed by atoms with Gasteiger partial charge in [-0.3, -0.25) is 0 Å². The highest BCUT2D eigenvalue weighted by Gasteiger charge is 2.21. The van der Waals surface area contributed by atoms with Gasteiger partial charge < -0.3 is 11.1 Å². The third-order valence-corrected chi connectivity index (χ3v) is 4.26. The SMILES string of the molecule is Cc1nnc(NC2CCCCCC2N)c2ccccc12. The van der Waals surface area contributed by atoms with Crippen molar-refractivity contribution in [1.82, 2.24) is 10.2 Å². The number of nitrogens with two attached hydrogens (primary N) is 1. The molecule has 1 aromatic heterocycles. The fourth-order valence-corrected chi connectivity index (χ4v) is 3.04. The standard InChI is InChI=1S/C16H22N4/c1-11-12-7-5-6-8-13(12)16(20-19-11)18-15-10-4-2-3-9-14(15)17/h5-8,14-15H,2-4,9-10,17H2,1H3,(H,18,20). The third kappa shape index (κ3) is 2.61. The Balaban J connectivity index is 1.92. The number of benzene rings is 1. The maximum absolute atomic E-state index is 6.29. The Labute approximate surface area is 119 Å². The predicted molar refractivity (Wildman–Crippen MR) is 82.7 cm³/mol. The molecule has 0 bridgehead atoms. The van der Waals surface area contributed by atoms with Crippen molar-refractivity contribution in [3.8, 4) is 0 Å². The second-order valence-electron chi connectivity index (χ2n) is 5.73. The molecule has 20 heavy (non-hydrogen) atoms. The van der Waals surface area contributed by atoms with Gasteiger partial charge in [0.25, 0.3) is 0 Å². The van der Waals surface area contributed by atoms with Crippen molar-refractivity contribution < 1.29 is 0 Å². The van der Waals surface area contributed by atoms with Crippen LogP contribution in [0.2, 0.25) is 0 Å². The number of nitrogens with zero attached hydrogens (tertiary/aromatic N) is 2. The fraction of sp³-hybridized carbons (Fsp3) is 0.500. The van der Waals surface area contributed by atoms with E-state index in [1.165, 1.54) is 19.3 Å². The molecular formula is C16H22N4. The third-order valence-electron chi connectivity index (χ3n) is 4.26. The molecule has 1 fully saturated rings. The van der Waals surface area contributed by atoms with Gasteiger partial charge in [0.15, 0.2) is 5.82 Å². The zero-order valence-corrected chi connectivity index (χ0v) is 12.0. The molecule has 0 radical (unpaired) electrons. The smallest absolute Gasteiger partial charge is 0.156 e. The Morgan fingerprint density at radius 1 is 1.05 bits per heavy atom. The van der Waals surface area contributed by atoms with Crippen LogP contribution in [0, 0.1) is 6.92 Å². The van der Waals surface area contributed by atoms with E-state index in [1.807, 2.05) is 19.1 Å². The van der Waals surface area contributed by atoms with Gasteiger partial charge in [-0.25, -0.2) is 0 Å². The van der Waals surface area contributed by atoms with Gasteiger partial charge in [-0.2, -0.15) is 5.10 Å². The number of rotatable bonds is 2. The summed E-state index contributed by atoms with van der Waals surface area (Å²) in [6.45, 7) is 2.00. The summed E-state index contributed by atoms with van der Waals surface area (Å²) in [4.78, 5) is 0. The minimum Gasteiger partial charge on any atom is -0.364 e. The van der Waals surface area contributed by atoms with E-state index in [1.54, 1.807) is 0 Å². The summed E-state index contributed by atoms with van der Waals surface area (Å²) in [5, 5.41) is 14.5. The van der Waals surface area contributed by atoms with Crippen molar-refractivity contribution in [2.45, 2.75) is 51.1 Å². The van der Waals surface area contributed by atoms with Crippen LogP contribution in [-0.2, 0) is 0 Å². The summed E-state index contributed by atoms with van der Waals surface area (Å²) in [6.07, 6.45) is 5.97. The van der Waals surface area contributed by atoms with Crippen LogP contribution in [0.15, 0.2) is 24.3 Å². The van der Waals surface area contributed by atoms with Gasteiger partial charge in [0.2, 0.25) is 0 Å². The van der Waals surface area contributed by atoms with Gasteiger partial charge in [0.05, 0.1) is 5.69 Å². The summed E-state index contributed by atoms with van der Waals surface area (Å²) in [5.74, 6) is 0.869. The number of aryl methyl sites for hydroxylation is 1. The molecule has 0 amide bonds. The number of fused-ring (bicyclic) bond motifs is 1. The van der Waals surface area contributed by atoms with Crippen LogP contribution in [0.4, 0.5) is 5.82 Å². The van der Waals surface area contributed by atoms with Crippen LogP contribution >= 0.6 is 0 Å². The molecular weight excluding hydrogens is 248 g/mol. The van der Waals surface area contributed by atoms with E-state index in [9.17, 15) is 0 Å². The molecule has 0 saturated heterocycles. The molecule has 2 atom stereocenters. The molecule has 1 heterocycles. The molecule has 4 heteroatoms. The van der Waals surface area contributed by atoms with E-state index in [4.69, 9.17) is 5.73 Å². The summed E-state index contributed by atoms with van der Waals surface area (Å²) in [6, 6.07) is 8.79. The van der Waals surface area contributed by atoms with Gasteiger partial charge in [-0.1, -0.05) is 43.5 Å². The van der Waals surface area contributed by atoms with E-state index in [2.05, 4.69) is 27.6 Å². The average molecular weight is 270 g/mol. The van der Waals surface area contributed by atoms with Crippen molar-refractivity contribution in [3.05, 3.63) is 30.0 Å². The lowest BCUT2D eigenvalue weighted by Crippen LogP contribution is -2.39. The minimum atomic E-state index is 0.208. The van der Waals surface area contributed by atoms with Crippen LogP contribution in [0.3, 0.4) is 0 Å². The summed E-state index contributed by atoms with van der Waals surface area (Å²) < 4.78 is 0. The highest BCUT2D eigenvalue weighted by molar-refractivity contribution is 5.92. The Morgan fingerprint density at radius 2 is 1.80 bits per heavy atom. The highest BCUT2D eigenvalue weighted by Crippen LogP contribution is 2.25. The molecule has 3 rings (SSSR count). The number of hydrogen-bond acceptors (Lipinski definition) is 4. The van der Waals surface area contributed by atoms with E-state index < -0.39 is 0 Å². The van der Waals surface area contributed by atoms with E-state index in [0.717, 1.165) is 35.1 Å². The quantitative estimate of drug-likeness (QED) is 0.823. The predicted octanol–water partition coefficient (Wildman–Crippen LogP) is 3.01. The van der Waals surface area contributed by atoms with Crippen molar-refractivity contribution in [2.75, 3.05) is 5.32 Å². The van der Waals surface area contributed by atoms with Crippen molar-refractivity contribution in [1.29, 1.82) is 0 Å². The Kier molecular flexibility index (Phi) is 3.83. The number of anilines is 1. The van der Waals surface area contributed by atoms with Gasteiger partial charge >= 0.3 is 0 Å². The Bertz CT molecular complexity index is 596. The minimum absolute atomic E-state index is 0.208. The molecule has 1 aliphatic carbocycles. The monoisotopic (exact) mass is 270 g/mol. The second kappa shape index (κ2) is 5.75. The van der Waals surface area contributed by atoms with Crippen LogP contribution < -0.4 is 11.1 Å². The zero-order chi connectivity index (χ0) is 13.9. The number of hydrogen-bond donors (Lipinski definition) is 2. The first-order valence-electron chi connectivity index (χ1n) is 7.50. The number of nitrogens with one attached hydrogen (secondary N) is 1. The number of aromatic nitrogens is 2. The summed E-state index contributed by atoms with van der Waals surface area (Å²) in [5.41, 5.74) is 7.26. The Morgan fingerprint density at radius 3 is 2.65 bits per heavy atom. The van der Waals surface area contributed by atoms with Gasteiger partial charge in [0.1, 0.15) is 0 Å². The first-order chi connectivity index (χ1) is 9.75. The molecule has 2 unspecified atom stereocenters. The van der Waals surface area contributed by atoms with Gasteiger partial charge in [-0.15, -0.1) is 5.10 Å². The fourth-order valence-electron chi connectivity index (χ4n) is 3.04. The van der Waals surface area contributed by atoms with Gasteiger partial charge in [0, 0.05) is 22.9 Å². The van der Waals surface area contributed by atoms with E-state index in [0.29, 0.717) is 6.04 Å². The van der Waals surface area contributed by atoms with E-state index >= 15 is 0 Å². The maximum atomic E-state index is 6.29. The van der Waals surface area contributed by atoms with Crippen molar-refractivity contribution >= 4 is 16.6 Å². The average Bonchev–Trinajstić information content (AvgIpc) is 2.67. The topological polar surface area (TPSA) is 63.8 Å². The van der Waals surface area contributed by atoms with Gasteiger partial charge in [-0.05, 0) is 19.8 Å². The molecule has 1 aliphatic rings. The summed E-state index contributed by atoms with van der Waals surface area (Å²) in [7, 11) is 0. The normalized spacial score (nSPS) is 23.5. The lowest BCUT2D eigenvalue weighted by molar-refractivity contribution is 0.527. The van der Waals surface area contributed by atoms with Crippen molar-refractivity contribution in [2.24, 2.45) is 5.73 Å². The zero-order valence-electron chi connectivity index (χ0n) is 12.0. The molecule has 2 aromatic rings. The Hall–Kier alpha value is -1.68. The van der Waals surface area contributed by atoms with Crippen LogP contribution in [-0.4, -0.2) is 22.3 Å². The van der Waals surface area contributed by atoms with Crippen LogP contribution in [0.25, 0.3) is 10.8 Å². The molecule has 4 nitrogen and oxygen atoms in total. The first kappa shape index (κ1) is 13.3. The first-order valence-corrected chi connectivity index (χ1v) is 7.50. The molecule has 1 aromatic carbocycles. The van der Waals surface area contributed by atoms with Crippen LogP contribution in [0.5, 0.6) is 0 Å². The molecule has 0 aliphatic heterocycles. The highest BCUT2D eigenvalue weighted by atomic mass is 15.2. The maximum Gasteiger partial charge on any atom is 0.156 e. The van der Waals surface area contributed by atoms with Crippen LogP contribution in [0.1, 0.15) is 37.8 Å². The summed E-state index contributed by atoms with van der Waals surface area (Å²) >= 11 is 0. The molecule has 1 saturated carbocycles.